The molecule has 0 saturated heterocycles. The standard InChI is InChI=1S/C8H15NO2/c1-5-2-3-6(8(10)11)7(5)4-9/h5-7H,2-4,9H2,1H3,(H,10,11)/t5-,6-,7+/m1/s1. The van der Waals surface area contributed by atoms with Gasteiger partial charge < -0.3 is 10.8 Å². The van der Waals surface area contributed by atoms with Crippen LogP contribution in [0.3, 0.4) is 0 Å². The molecule has 0 radical (unpaired) electrons. The van der Waals surface area contributed by atoms with Gasteiger partial charge in [-0.2, -0.15) is 0 Å². The molecule has 0 aromatic heterocycles. The minimum atomic E-state index is -0.676. The van der Waals surface area contributed by atoms with E-state index in [0.29, 0.717) is 12.5 Å². The first-order valence-electron chi connectivity index (χ1n) is 4.09. The third kappa shape index (κ3) is 1.53. The summed E-state index contributed by atoms with van der Waals surface area (Å²) in [5, 5.41) is 8.78. The molecule has 0 bridgehead atoms. The lowest BCUT2D eigenvalue weighted by atomic mass is 9.91. The van der Waals surface area contributed by atoms with E-state index < -0.39 is 5.97 Å². The average molecular weight is 157 g/mol. The number of aliphatic carboxylic acids is 1. The molecule has 0 aromatic carbocycles. The summed E-state index contributed by atoms with van der Waals surface area (Å²) < 4.78 is 0. The first-order chi connectivity index (χ1) is 5.16. The molecule has 1 rings (SSSR count). The van der Waals surface area contributed by atoms with E-state index in [1.54, 1.807) is 0 Å². The summed E-state index contributed by atoms with van der Waals surface area (Å²) in [6.07, 6.45) is 1.82. The fourth-order valence-electron chi connectivity index (χ4n) is 1.97. The molecule has 3 heteroatoms. The summed E-state index contributed by atoms with van der Waals surface area (Å²) in [5.74, 6) is -0.173. The molecule has 0 spiro atoms. The van der Waals surface area contributed by atoms with Crippen molar-refractivity contribution in [3.05, 3.63) is 0 Å². The second kappa shape index (κ2) is 3.22. The van der Waals surface area contributed by atoms with Gasteiger partial charge in [-0.3, -0.25) is 4.79 Å². The van der Waals surface area contributed by atoms with Gasteiger partial charge in [-0.15, -0.1) is 0 Å². The van der Waals surface area contributed by atoms with E-state index in [-0.39, 0.29) is 11.8 Å². The fraction of sp³-hybridized carbons (Fsp3) is 0.875. The van der Waals surface area contributed by atoms with Crippen LogP contribution in [-0.4, -0.2) is 17.6 Å². The van der Waals surface area contributed by atoms with Crippen LogP contribution >= 0.6 is 0 Å². The minimum Gasteiger partial charge on any atom is -0.481 e. The number of hydrogen-bond acceptors (Lipinski definition) is 2. The van der Waals surface area contributed by atoms with Crippen molar-refractivity contribution in [3.8, 4) is 0 Å². The summed E-state index contributed by atoms with van der Waals surface area (Å²) in [6.45, 7) is 2.60. The van der Waals surface area contributed by atoms with Crippen LogP contribution in [0, 0.1) is 17.8 Å². The Morgan fingerprint density at radius 2 is 2.27 bits per heavy atom. The Labute approximate surface area is 66.6 Å². The molecule has 0 aliphatic heterocycles. The Morgan fingerprint density at radius 1 is 1.64 bits per heavy atom. The predicted octanol–water partition coefficient (Wildman–Crippen LogP) is 0.692. The highest BCUT2D eigenvalue weighted by Crippen LogP contribution is 2.35. The zero-order valence-corrected chi connectivity index (χ0v) is 6.79. The molecule has 3 nitrogen and oxygen atoms in total. The summed E-state index contributed by atoms with van der Waals surface area (Å²) in [7, 11) is 0. The minimum absolute atomic E-state index is 0.185. The Kier molecular flexibility index (Phi) is 2.49. The van der Waals surface area contributed by atoms with E-state index in [4.69, 9.17) is 10.8 Å². The molecule has 1 aliphatic carbocycles. The first kappa shape index (κ1) is 8.53. The van der Waals surface area contributed by atoms with Gasteiger partial charge in [0.2, 0.25) is 0 Å². The zero-order chi connectivity index (χ0) is 8.43. The van der Waals surface area contributed by atoms with E-state index in [9.17, 15) is 4.79 Å². The monoisotopic (exact) mass is 157 g/mol. The zero-order valence-electron chi connectivity index (χ0n) is 6.79. The van der Waals surface area contributed by atoms with Gasteiger partial charge in [-0.25, -0.2) is 0 Å². The molecule has 11 heavy (non-hydrogen) atoms. The van der Waals surface area contributed by atoms with Gasteiger partial charge in [0.15, 0.2) is 0 Å². The summed E-state index contributed by atoms with van der Waals surface area (Å²) in [5.41, 5.74) is 5.49. The van der Waals surface area contributed by atoms with Crippen molar-refractivity contribution in [1.29, 1.82) is 0 Å². The molecule has 1 aliphatic rings. The van der Waals surface area contributed by atoms with Crippen molar-refractivity contribution in [1.82, 2.24) is 0 Å². The normalized spacial score (nSPS) is 37.5. The number of carboxylic acid groups (broad SMARTS) is 1. The smallest absolute Gasteiger partial charge is 0.306 e. The maximum atomic E-state index is 10.7. The maximum Gasteiger partial charge on any atom is 0.306 e. The second-order valence-corrected chi connectivity index (χ2v) is 3.40. The number of rotatable bonds is 2. The Bertz CT molecular complexity index is 158. The predicted molar refractivity (Wildman–Crippen MR) is 42.1 cm³/mol. The molecule has 1 fully saturated rings. The van der Waals surface area contributed by atoms with Crippen molar-refractivity contribution in [2.24, 2.45) is 23.5 Å². The van der Waals surface area contributed by atoms with Gasteiger partial charge in [-0.1, -0.05) is 6.92 Å². The summed E-state index contributed by atoms with van der Waals surface area (Å²) >= 11 is 0. The van der Waals surface area contributed by atoms with Crippen molar-refractivity contribution in [2.75, 3.05) is 6.54 Å². The third-order valence-electron chi connectivity index (χ3n) is 2.77. The highest BCUT2D eigenvalue weighted by molar-refractivity contribution is 5.70. The molecule has 1 saturated carbocycles. The quantitative estimate of drug-likeness (QED) is 0.620. The summed E-state index contributed by atoms with van der Waals surface area (Å²) in [6, 6.07) is 0. The third-order valence-corrected chi connectivity index (χ3v) is 2.77. The molecule has 3 N–H and O–H groups in total. The van der Waals surface area contributed by atoms with Crippen molar-refractivity contribution >= 4 is 5.97 Å². The van der Waals surface area contributed by atoms with Gasteiger partial charge in [0.25, 0.3) is 0 Å². The largest absolute Gasteiger partial charge is 0.481 e. The van der Waals surface area contributed by atoms with Crippen LogP contribution in [0.2, 0.25) is 0 Å². The molecule has 0 aromatic rings. The molecule has 0 unspecified atom stereocenters. The Morgan fingerprint density at radius 3 is 2.64 bits per heavy atom. The van der Waals surface area contributed by atoms with Crippen LogP contribution in [0.25, 0.3) is 0 Å². The second-order valence-electron chi connectivity index (χ2n) is 3.40. The van der Waals surface area contributed by atoms with Gasteiger partial charge in [0.05, 0.1) is 5.92 Å². The van der Waals surface area contributed by atoms with Crippen LogP contribution in [0.4, 0.5) is 0 Å². The van der Waals surface area contributed by atoms with E-state index in [2.05, 4.69) is 6.92 Å². The first-order valence-corrected chi connectivity index (χ1v) is 4.09. The van der Waals surface area contributed by atoms with Gasteiger partial charge in [0, 0.05) is 0 Å². The Hall–Kier alpha value is -0.570. The van der Waals surface area contributed by atoms with E-state index in [1.807, 2.05) is 0 Å². The number of carbonyl (C=O) groups is 1. The lowest BCUT2D eigenvalue weighted by molar-refractivity contribution is -0.143. The SMILES string of the molecule is C[C@@H]1CC[C@@H](C(=O)O)[C@H]1CN. The van der Waals surface area contributed by atoms with Crippen molar-refractivity contribution in [2.45, 2.75) is 19.8 Å². The van der Waals surface area contributed by atoms with Crippen LogP contribution in [0.1, 0.15) is 19.8 Å². The molecule has 3 atom stereocenters. The highest BCUT2D eigenvalue weighted by atomic mass is 16.4. The highest BCUT2D eigenvalue weighted by Gasteiger charge is 2.36. The number of carboxylic acids is 1. The van der Waals surface area contributed by atoms with E-state index in [1.165, 1.54) is 0 Å². The summed E-state index contributed by atoms with van der Waals surface area (Å²) in [4.78, 5) is 10.7. The van der Waals surface area contributed by atoms with Gasteiger partial charge >= 0.3 is 5.97 Å². The molecular formula is C8H15NO2. The van der Waals surface area contributed by atoms with Crippen LogP contribution < -0.4 is 5.73 Å². The fourth-order valence-corrected chi connectivity index (χ4v) is 1.97. The molecule has 64 valence electrons. The molecule has 0 heterocycles. The van der Waals surface area contributed by atoms with Crippen LogP contribution in [0.5, 0.6) is 0 Å². The van der Waals surface area contributed by atoms with E-state index in [0.717, 1.165) is 12.8 Å². The number of nitrogens with two attached hydrogens (primary N) is 1. The van der Waals surface area contributed by atoms with Crippen LogP contribution in [-0.2, 0) is 4.79 Å². The molecular weight excluding hydrogens is 142 g/mol. The lowest BCUT2D eigenvalue weighted by Crippen LogP contribution is -2.27. The van der Waals surface area contributed by atoms with Gasteiger partial charge in [0.1, 0.15) is 0 Å². The molecule has 0 amide bonds. The average Bonchev–Trinajstić information content (AvgIpc) is 2.30. The number of hydrogen-bond donors (Lipinski definition) is 2. The van der Waals surface area contributed by atoms with E-state index >= 15 is 0 Å². The van der Waals surface area contributed by atoms with Crippen molar-refractivity contribution < 1.29 is 9.90 Å². The topological polar surface area (TPSA) is 63.3 Å². The van der Waals surface area contributed by atoms with Crippen LogP contribution in [0.15, 0.2) is 0 Å². The maximum absolute atomic E-state index is 10.7. The van der Waals surface area contributed by atoms with Crippen molar-refractivity contribution in [3.63, 3.8) is 0 Å². The Balaban J connectivity index is 2.61. The van der Waals surface area contributed by atoms with Gasteiger partial charge in [-0.05, 0) is 31.2 Å². The lowest BCUT2D eigenvalue weighted by Gasteiger charge is -2.16.